The average molecular weight is 1020 g/mol. The molecule has 0 spiro atoms. The molecule has 420 valence electrons. The maximum Gasteiger partial charge on any atom is 0.306 e. The van der Waals surface area contributed by atoms with Crippen molar-refractivity contribution >= 4 is 17.9 Å². The fraction of sp³-hybridized carbons (Fsp3) is 0.746. The Morgan fingerprint density at radius 2 is 0.534 bits per heavy atom. The maximum absolute atomic E-state index is 12.8. The van der Waals surface area contributed by atoms with Crippen LogP contribution in [0.15, 0.2) is 85.1 Å². The zero-order chi connectivity index (χ0) is 52.9. The Morgan fingerprint density at radius 1 is 0.288 bits per heavy atom. The van der Waals surface area contributed by atoms with Gasteiger partial charge in [-0.2, -0.15) is 0 Å². The van der Waals surface area contributed by atoms with Gasteiger partial charge in [-0.05, 0) is 77.0 Å². The van der Waals surface area contributed by atoms with Crippen LogP contribution < -0.4 is 0 Å². The van der Waals surface area contributed by atoms with Crippen molar-refractivity contribution in [2.24, 2.45) is 0 Å². The van der Waals surface area contributed by atoms with Gasteiger partial charge in [0.15, 0.2) is 6.10 Å². The average Bonchev–Trinajstić information content (AvgIpc) is 3.39. The summed E-state index contributed by atoms with van der Waals surface area (Å²) in [6, 6.07) is 0. The normalized spacial score (nSPS) is 12.6. The zero-order valence-electron chi connectivity index (χ0n) is 48.1. The molecular formula is C67H116O6. The quantitative estimate of drug-likeness (QED) is 0.0261. The molecule has 0 saturated heterocycles. The van der Waals surface area contributed by atoms with Crippen molar-refractivity contribution in [3.05, 3.63) is 85.1 Å². The van der Waals surface area contributed by atoms with Crippen LogP contribution in [0.3, 0.4) is 0 Å². The summed E-state index contributed by atoms with van der Waals surface area (Å²) in [5, 5.41) is 0. The van der Waals surface area contributed by atoms with Gasteiger partial charge in [-0.1, -0.05) is 292 Å². The largest absolute Gasteiger partial charge is 0.462 e. The lowest BCUT2D eigenvalue weighted by atomic mass is 10.0. The smallest absolute Gasteiger partial charge is 0.306 e. The minimum absolute atomic E-state index is 0.0780. The second-order valence-corrected chi connectivity index (χ2v) is 20.6. The standard InChI is InChI=1S/C67H116O6/c1-4-7-10-13-15-17-19-21-23-25-27-29-30-31-32-33-34-35-36-38-39-41-43-45-47-49-51-54-57-60-66(69)72-63-64(62-71-65(68)59-56-53-12-9-6-3)73-67(70)61-58-55-52-50-48-46-44-42-40-37-28-26-24-22-20-18-16-14-11-8-5-2/h7,10,15,17,21,23,27,29,31-32,34-35,38-39,64H,4-6,8-9,11-14,16,18-20,22,24-26,28,30,33,36-37,40-63H2,1-3H3/b10-7-,17-15-,23-21-,29-27-,32-31-,35-34-,39-38-. The summed E-state index contributed by atoms with van der Waals surface area (Å²) in [6.45, 7) is 6.46. The van der Waals surface area contributed by atoms with E-state index in [1.165, 1.54) is 148 Å². The summed E-state index contributed by atoms with van der Waals surface area (Å²) in [4.78, 5) is 37.9. The number of ether oxygens (including phenoxy) is 3. The second-order valence-electron chi connectivity index (χ2n) is 20.6. The molecule has 1 unspecified atom stereocenters. The molecule has 0 rings (SSSR count). The van der Waals surface area contributed by atoms with E-state index in [1.807, 2.05) is 0 Å². The first-order chi connectivity index (χ1) is 36.0. The third kappa shape index (κ3) is 59.3. The van der Waals surface area contributed by atoms with Crippen LogP contribution in [0.5, 0.6) is 0 Å². The van der Waals surface area contributed by atoms with Gasteiger partial charge >= 0.3 is 17.9 Å². The Balaban J connectivity index is 4.08. The van der Waals surface area contributed by atoms with Gasteiger partial charge in [-0.15, -0.1) is 0 Å². The van der Waals surface area contributed by atoms with E-state index in [0.29, 0.717) is 19.3 Å². The summed E-state index contributed by atoms with van der Waals surface area (Å²) in [5.74, 6) is -0.892. The van der Waals surface area contributed by atoms with E-state index < -0.39 is 6.10 Å². The van der Waals surface area contributed by atoms with Gasteiger partial charge in [-0.3, -0.25) is 14.4 Å². The minimum Gasteiger partial charge on any atom is -0.462 e. The zero-order valence-corrected chi connectivity index (χ0v) is 48.1. The summed E-state index contributed by atoms with van der Waals surface area (Å²) < 4.78 is 16.8. The first-order valence-corrected chi connectivity index (χ1v) is 31.1. The predicted molar refractivity (Wildman–Crippen MR) is 316 cm³/mol. The number of unbranched alkanes of at least 4 members (excludes halogenated alkanes) is 31. The van der Waals surface area contributed by atoms with Crippen LogP contribution in [0.1, 0.15) is 303 Å². The van der Waals surface area contributed by atoms with E-state index in [0.717, 1.165) is 116 Å². The minimum atomic E-state index is -0.776. The SMILES string of the molecule is CC/C=C\C/C=C\C/C=C\C/C=C\C/C=C\C/C=C\C/C=C\CCCCCCCCCC(=O)OCC(COC(=O)CCCCCCC)OC(=O)CCCCCCCCCCCCCCCCCCCCCCC. The number of carbonyl (C=O) groups is 3. The van der Waals surface area contributed by atoms with Gasteiger partial charge in [-0.25, -0.2) is 0 Å². The van der Waals surface area contributed by atoms with Crippen LogP contribution >= 0.6 is 0 Å². The lowest BCUT2D eigenvalue weighted by Gasteiger charge is -2.18. The summed E-state index contributed by atoms with van der Waals surface area (Å²) >= 11 is 0. The van der Waals surface area contributed by atoms with Crippen molar-refractivity contribution in [3.8, 4) is 0 Å². The number of rotatable bonds is 56. The lowest BCUT2D eigenvalue weighted by molar-refractivity contribution is -0.167. The summed E-state index contributed by atoms with van der Waals surface area (Å²) in [7, 11) is 0. The monoisotopic (exact) mass is 1020 g/mol. The molecule has 0 aromatic heterocycles. The van der Waals surface area contributed by atoms with Crippen LogP contribution in [-0.2, 0) is 28.6 Å². The molecule has 0 amide bonds. The number of carbonyl (C=O) groups excluding carboxylic acids is 3. The molecule has 0 saturated carbocycles. The lowest BCUT2D eigenvalue weighted by Crippen LogP contribution is -2.30. The van der Waals surface area contributed by atoms with E-state index in [4.69, 9.17) is 14.2 Å². The Hall–Kier alpha value is -3.41. The molecule has 1 atom stereocenters. The van der Waals surface area contributed by atoms with Crippen molar-refractivity contribution < 1.29 is 28.6 Å². The molecule has 0 aromatic rings. The Labute approximate surface area is 452 Å². The van der Waals surface area contributed by atoms with E-state index >= 15 is 0 Å². The summed E-state index contributed by atoms with van der Waals surface area (Å²) in [6.07, 6.45) is 80.6. The highest BCUT2D eigenvalue weighted by molar-refractivity contribution is 5.71. The van der Waals surface area contributed by atoms with Crippen LogP contribution in [-0.4, -0.2) is 37.2 Å². The van der Waals surface area contributed by atoms with Gasteiger partial charge in [0.25, 0.3) is 0 Å². The molecule has 0 fully saturated rings. The van der Waals surface area contributed by atoms with Crippen molar-refractivity contribution in [3.63, 3.8) is 0 Å². The Kier molecular flexibility index (Phi) is 58.3. The van der Waals surface area contributed by atoms with Gasteiger partial charge in [0.05, 0.1) is 0 Å². The van der Waals surface area contributed by atoms with E-state index in [9.17, 15) is 14.4 Å². The van der Waals surface area contributed by atoms with Gasteiger partial charge in [0, 0.05) is 19.3 Å². The molecule has 0 aliphatic rings. The molecule has 0 heterocycles. The molecule has 6 nitrogen and oxygen atoms in total. The number of hydrogen-bond donors (Lipinski definition) is 0. The van der Waals surface area contributed by atoms with Gasteiger partial charge in [0.2, 0.25) is 0 Å². The van der Waals surface area contributed by atoms with E-state index in [2.05, 4.69) is 106 Å². The van der Waals surface area contributed by atoms with Crippen molar-refractivity contribution in [2.45, 2.75) is 309 Å². The molecule has 0 N–H and O–H groups in total. The van der Waals surface area contributed by atoms with E-state index in [1.54, 1.807) is 0 Å². The molecule has 6 heteroatoms. The van der Waals surface area contributed by atoms with Gasteiger partial charge in [0.1, 0.15) is 13.2 Å². The Bertz CT molecular complexity index is 1400. The maximum atomic E-state index is 12.8. The molecule has 0 bridgehead atoms. The molecule has 0 aliphatic heterocycles. The number of allylic oxidation sites excluding steroid dienone is 14. The number of esters is 3. The highest BCUT2D eigenvalue weighted by Crippen LogP contribution is 2.17. The third-order valence-electron chi connectivity index (χ3n) is 13.4. The fourth-order valence-electron chi connectivity index (χ4n) is 8.78. The predicted octanol–water partition coefficient (Wildman–Crippen LogP) is 21.1. The molecule has 0 aliphatic carbocycles. The first-order valence-electron chi connectivity index (χ1n) is 31.1. The van der Waals surface area contributed by atoms with Crippen LogP contribution in [0.2, 0.25) is 0 Å². The number of hydrogen-bond acceptors (Lipinski definition) is 6. The van der Waals surface area contributed by atoms with Crippen LogP contribution in [0.4, 0.5) is 0 Å². The highest BCUT2D eigenvalue weighted by atomic mass is 16.6. The Morgan fingerprint density at radius 3 is 0.836 bits per heavy atom. The topological polar surface area (TPSA) is 78.9 Å². The fourth-order valence-corrected chi connectivity index (χ4v) is 8.78. The van der Waals surface area contributed by atoms with Gasteiger partial charge < -0.3 is 14.2 Å². The molecular weight excluding hydrogens is 901 g/mol. The molecule has 73 heavy (non-hydrogen) atoms. The molecule has 0 aromatic carbocycles. The van der Waals surface area contributed by atoms with Crippen molar-refractivity contribution in [1.82, 2.24) is 0 Å². The van der Waals surface area contributed by atoms with Crippen molar-refractivity contribution in [1.29, 1.82) is 0 Å². The van der Waals surface area contributed by atoms with Crippen LogP contribution in [0, 0.1) is 0 Å². The highest BCUT2D eigenvalue weighted by Gasteiger charge is 2.19. The summed E-state index contributed by atoms with van der Waals surface area (Å²) in [5.41, 5.74) is 0. The first kappa shape index (κ1) is 69.6. The molecule has 0 radical (unpaired) electrons. The second kappa shape index (κ2) is 61.1. The van der Waals surface area contributed by atoms with E-state index in [-0.39, 0.29) is 31.1 Å². The third-order valence-corrected chi connectivity index (χ3v) is 13.4. The van der Waals surface area contributed by atoms with Crippen molar-refractivity contribution in [2.75, 3.05) is 13.2 Å². The van der Waals surface area contributed by atoms with Crippen LogP contribution in [0.25, 0.3) is 0 Å².